The minimum absolute atomic E-state index is 0.264. The summed E-state index contributed by atoms with van der Waals surface area (Å²) in [7, 11) is -2.19. The van der Waals surface area contributed by atoms with Gasteiger partial charge >= 0.3 is 8.56 Å². The summed E-state index contributed by atoms with van der Waals surface area (Å²) in [5.41, 5.74) is 1.97. The van der Waals surface area contributed by atoms with Crippen LogP contribution < -0.4 is 0 Å². The van der Waals surface area contributed by atoms with E-state index < -0.39 is 8.56 Å². The predicted molar refractivity (Wildman–Crippen MR) is 77.3 cm³/mol. The maximum Gasteiger partial charge on any atom is 0.364 e. The van der Waals surface area contributed by atoms with Crippen molar-refractivity contribution < 1.29 is 8.85 Å². The Balaban J connectivity index is 4.66. The Labute approximate surface area is 109 Å². The van der Waals surface area contributed by atoms with Gasteiger partial charge in [0.25, 0.3) is 0 Å². The molecule has 0 rings (SSSR count). The van der Waals surface area contributed by atoms with Crippen molar-refractivity contribution in [3.63, 3.8) is 0 Å². The van der Waals surface area contributed by atoms with Crippen LogP contribution in [0, 0.1) is 0 Å². The number of rotatable bonds is 10. The third-order valence-electron chi connectivity index (χ3n) is 3.14. The molecule has 0 spiro atoms. The minimum atomic E-state index is -2.19. The lowest BCUT2D eigenvalue weighted by Gasteiger charge is -2.33. The fourth-order valence-corrected chi connectivity index (χ4v) is 4.84. The highest BCUT2D eigenvalue weighted by Crippen LogP contribution is 2.23. The van der Waals surface area contributed by atoms with Crippen molar-refractivity contribution in [1.29, 1.82) is 0 Å². The van der Waals surface area contributed by atoms with Crippen LogP contribution in [0.5, 0.6) is 0 Å². The van der Waals surface area contributed by atoms with E-state index in [1.165, 1.54) is 6.42 Å². The third kappa shape index (κ3) is 6.39. The minimum Gasteiger partial charge on any atom is -0.388 e. The van der Waals surface area contributed by atoms with Gasteiger partial charge in [-0.1, -0.05) is 33.6 Å². The molecule has 102 valence electrons. The van der Waals surface area contributed by atoms with E-state index in [9.17, 15) is 0 Å². The molecule has 0 fully saturated rings. The fraction of sp³-hybridized carbons (Fsp3) is 0.857. The Hall–Kier alpha value is -0.123. The molecule has 2 nitrogen and oxygen atoms in total. The van der Waals surface area contributed by atoms with Gasteiger partial charge in [-0.3, -0.25) is 0 Å². The highest BCUT2D eigenvalue weighted by atomic mass is 28.4. The van der Waals surface area contributed by atoms with Crippen LogP contribution in [0.15, 0.2) is 12.3 Å². The van der Waals surface area contributed by atoms with Crippen molar-refractivity contribution in [3.8, 4) is 0 Å². The quantitative estimate of drug-likeness (QED) is 0.534. The van der Waals surface area contributed by atoms with Crippen LogP contribution in [-0.4, -0.2) is 20.8 Å². The zero-order valence-corrected chi connectivity index (χ0v) is 13.3. The van der Waals surface area contributed by atoms with Crippen molar-refractivity contribution in [1.82, 2.24) is 0 Å². The Morgan fingerprint density at radius 1 is 1.06 bits per heavy atom. The van der Waals surface area contributed by atoms with Gasteiger partial charge in [-0.05, 0) is 38.4 Å². The van der Waals surface area contributed by atoms with Gasteiger partial charge in [-0.15, -0.1) is 6.58 Å². The summed E-state index contributed by atoms with van der Waals surface area (Å²) in [6.45, 7) is 14.7. The molecule has 0 saturated heterocycles. The topological polar surface area (TPSA) is 18.5 Å². The van der Waals surface area contributed by atoms with Gasteiger partial charge in [0, 0.05) is 12.2 Å². The second-order valence-corrected chi connectivity index (χ2v) is 7.80. The van der Waals surface area contributed by atoms with E-state index in [1.807, 2.05) is 5.70 Å². The van der Waals surface area contributed by atoms with E-state index >= 15 is 0 Å². The van der Waals surface area contributed by atoms with Crippen LogP contribution in [0.25, 0.3) is 0 Å². The van der Waals surface area contributed by atoms with Crippen LogP contribution in [0.2, 0.25) is 6.04 Å². The Morgan fingerprint density at radius 3 is 1.82 bits per heavy atom. The SMILES string of the molecule is C=C[Si](CCCC)(OC(C)CC)OC(C)CC. The van der Waals surface area contributed by atoms with Gasteiger partial charge in [0.1, 0.15) is 0 Å². The lowest BCUT2D eigenvalue weighted by Crippen LogP contribution is -2.45. The highest BCUT2D eigenvalue weighted by Gasteiger charge is 2.36. The van der Waals surface area contributed by atoms with Gasteiger partial charge in [-0.2, -0.15) is 0 Å². The molecule has 0 N–H and O–H groups in total. The normalized spacial score (nSPS) is 18.4. The molecule has 0 aromatic rings. The number of unbranched alkanes of at least 4 members (excludes halogenated alkanes) is 1. The zero-order valence-electron chi connectivity index (χ0n) is 12.3. The monoisotopic (exact) mass is 258 g/mol. The first-order chi connectivity index (χ1) is 8.03. The molecule has 0 heterocycles. The van der Waals surface area contributed by atoms with Crippen molar-refractivity contribution in [2.24, 2.45) is 0 Å². The van der Waals surface area contributed by atoms with E-state index in [4.69, 9.17) is 8.85 Å². The molecule has 2 atom stereocenters. The van der Waals surface area contributed by atoms with Crippen molar-refractivity contribution >= 4 is 8.56 Å². The maximum absolute atomic E-state index is 6.21. The lowest BCUT2D eigenvalue weighted by atomic mass is 10.3. The Kier molecular flexibility index (Phi) is 8.83. The van der Waals surface area contributed by atoms with Crippen LogP contribution in [0.1, 0.15) is 60.3 Å². The van der Waals surface area contributed by atoms with E-state index in [1.54, 1.807) is 0 Å². The second kappa shape index (κ2) is 8.89. The van der Waals surface area contributed by atoms with Gasteiger partial charge < -0.3 is 8.85 Å². The maximum atomic E-state index is 6.21. The predicted octanol–water partition coefficient (Wildman–Crippen LogP) is 4.58. The molecule has 0 aromatic heterocycles. The van der Waals surface area contributed by atoms with Crippen molar-refractivity contribution in [3.05, 3.63) is 12.3 Å². The lowest BCUT2D eigenvalue weighted by molar-refractivity contribution is 0.0950. The van der Waals surface area contributed by atoms with Crippen LogP contribution in [0.3, 0.4) is 0 Å². The van der Waals surface area contributed by atoms with E-state index in [0.717, 1.165) is 25.3 Å². The van der Waals surface area contributed by atoms with Gasteiger partial charge in [0.2, 0.25) is 0 Å². The first kappa shape index (κ1) is 16.9. The standard InChI is InChI=1S/C14H30O2Si/c1-7-11-12-17(10-4,15-13(5)8-2)16-14(6)9-3/h10,13-14H,4,7-9,11-12H2,1-3,5-6H3. The molecule has 3 heteroatoms. The zero-order chi connectivity index (χ0) is 13.3. The Bertz CT molecular complexity index is 194. The van der Waals surface area contributed by atoms with E-state index in [-0.39, 0.29) is 12.2 Å². The summed E-state index contributed by atoms with van der Waals surface area (Å²) in [5.74, 6) is 0. The summed E-state index contributed by atoms with van der Waals surface area (Å²) in [6.07, 6.45) is 4.92. The van der Waals surface area contributed by atoms with E-state index in [0.29, 0.717) is 0 Å². The second-order valence-electron chi connectivity index (χ2n) is 4.79. The molecule has 17 heavy (non-hydrogen) atoms. The average molecular weight is 258 g/mol. The van der Waals surface area contributed by atoms with Crippen LogP contribution >= 0.6 is 0 Å². The molecule has 0 saturated carbocycles. The molecule has 0 bridgehead atoms. The summed E-state index contributed by atoms with van der Waals surface area (Å²) in [5, 5.41) is 0. The largest absolute Gasteiger partial charge is 0.388 e. The summed E-state index contributed by atoms with van der Waals surface area (Å²) in [4.78, 5) is 0. The molecule has 0 amide bonds. The van der Waals surface area contributed by atoms with Gasteiger partial charge in [-0.25, -0.2) is 0 Å². The summed E-state index contributed by atoms with van der Waals surface area (Å²) in [6, 6.07) is 1.03. The first-order valence-electron chi connectivity index (χ1n) is 7.02. The highest BCUT2D eigenvalue weighted by molar-refractivity contribution is 6.72. The average Bonchev–Trinajstić information content (AvgIpc) is 2.35. The molecule has 0 aliphatic heterocycles. The summed E-state index contributed by atoms with van der Waals surface area (Å²) < 4.78 is 12.4. The van der Waals surface area contributed by atoms with E-state index in [2.05, 4.69) is 41.2 Å². The number of hydrogen-bond acceptors (Lipinski definition) is 2. The first-order valence-corrected chi connectivity index (χ1v) is 9.12. The molecule has 0 aliphatic carbocycles. The molecule has 0 radical (unpaired) electrons. The molecular weight excluding hydrogens is 228 g/mol. The molecular formula is C14H30O2Si. The third-order valence-corrected chi connectivity index (χ3v) is 6.42. The van der Waals surface area contributed by atoms with Crippen molar-refractivity contribution in [2.75, 3.05) is 0 Å². The molecule has 0 aromatic carbocycles. The van der Waals surface area contributed by atoms with Crippen LogP contribution in [0.4, 0.5) is 0 Å². The molecule has 2 unspecified atom stereocenters. The van der Waals surface area contributed by atoms with Gasteiger partial charge in [0.15, 0.2) is 0 Å². The van der Waals surface area contributed by atoms with Crippen molar-refractivity contribution in [2.45, 2.75) is 78.6 Å². The Morgan fingerprint density at radius 2 is 1.53 bits per heavy atom. The number of hydrogen-bond donors (Lipinski definition) is 0. The smallest absolute Gasteiger partial charge is 0.364 e. The van der Waals surface area contributed by atoms with Crippen LogP contribution in [-0.2, 0) is 8.85 Å². The van der Waals surface area contributed by atoms with Gasteiger partial charge in [0.05, 0.1) is 0 Å². The summed E-state index contributed by atoms with van der Waals surface area (Å²) >= 11 is 0. The molecule has 0 aliphatic rings. The fourth-order valence-electron chi connectivity index (χ4n) is 1.61.